The second kappa shape index (κ2) is 7.23. The smallest absolute Gasteiger partial charge is 0.228 e. The number of aryl methyl sites for hydroxylation is 1. The summed E-state index contributed by atoms with van der Waals surface area (Å²) in [4.78, 5) is 16.9. The van der Waals surface area contributed by atoms with Gasteiger partial charge in [-0.3, -0.25) is 4.79 Å². The van der Waals surface area contributed by atoms with Crippen molar-refractivity contribution in [3.05, 3.63) is 89.8 Å². The standard InChI is InChI=1S/C22H17F2N3O/c1-14-4-3-9-27-13-20(26-22(14)27)16-5-2-6-18(10-16)25-21(28)11-15-7-8-17(23)12-19(15)24/h2-10,12-13H,11H2,1H3,(H,25,28). The number of hydrogen-bond acceptors (Lipinski definition) is 2. The largest absolute Gasteiger partial charge is 0.326 e. The van der Waals surface area contributed by atoms with Gasteiger partial charge in [0.05, 0.1) is 12.1 Å². The Morgan fingerprint density at radius 1 is 1.11 bits per heavy atom. The molecule has 2 aromatic heterocycles. The molecule has 0 fully saturated rings. The van der Waals surface area contributed by atoms with Gasteiger partial charge in [0.25, 0.3) is 0 Å². The van der Waals surface area contributed by atoms with E-state index in [1.807, 2.05) is 54.0 Å². The second-order valence-electron chi connectivity index (χ2n) is 6.59. The molecule has 0 saturated heterocycles. The van der Waals surface area contributed by atoms with Crippen molar-refractivity contribution in [2.24, 2.45) is 0 Å². The number of fused-ring (bicyclic) bond motifs is 1. The molecule has 0 aliphatic heterocycles. The molecule has 4 aromatic rings. The fourth-order valence-electron chi connectivity index (χ4n) is 3.09. The van der Waals surface area contributed by atoms with Crippen LogP contribution in [0.3, 0.4) is 0 Å². The average molecular weight is 377 g/mol. The van der Waals surface area contributed by atoms with Crippen LogP contribution in [0.15, 0.2) is 67.0 Å². The van der Waals surface area contributed by atoms with Crippen LogP contribution in [-0.2, 0) is 11.2 Å². The summed E-state index contributed by atoms with van der Waals surface area (Å²) in [5, 5.41) is 2.75. The zero-order chi connectivity index (χ0) is 19.7. The van der Waals surface area contributed by atoms with Crippen LogP contribution in [0.25, 0.3) is 16.9 Å². The number of carbonyl (C=O) groups is 1. The minimum absolute atomic E-state index is 0.144. The minimum Gasteiger partial charge on any atom is -0.326 e. The molecule has 1 amide bonds. The van der Waals surface area contributed by atoms with Gasteiger partial charge < -0.3 is 9.72 Å². The molecular formula is C22H17F2N3O. The van der Waals surface area contributed by atoms with Crippen LogP contribution in [0.1, 0.15) is 11.1 Å². The predicted molar refractivity (Wildman–Crippen MR) is 104 cm³/mol. The number of nitrogens with zero attached hydrogens (tertiary/aromatic N) is 2. The molecule has 0 saturated carbocycles. The Morgan fingerprint density at radius 3 is 2.75 bits per heavy atom. The maximum absolute atomic E-state index is 13.7. The molecule has 140 valence electrons. The lowest BCUT2D eigenvalue weighted by Crippen LogP contribution is -2.15. The number of amides is 1. The number of aromatic nitrogens is 2. The van der Waals surface area contributed by atoms with Gasteiger partial charge in [-0.05, 0) is 42.3 Å². The Kier molecular flexibility index (Phi) is 4.61. The highest BCUT2D eigenvalue weighted by atomic mass is 19.1. The average Bonchev–Trinajstić information content (AvgIpc) is 3.10. The molecule has 1 N–H and O–H groups in total. The van der Waals surface area contributed by atoms with Crippen molar-refractivity contribution in [2.45, 2.75) is 13.3 Å². The number of benzene rings is 2. The quantitative estimate of drug-likeness (QED) is 0.557. The molecule has 6 heteroatoms. The van der Waals surface area contributed by atoms with Gasteiger partial charge in [0.2, 0.25) is 5.91 Å². The van der Waals surface area contributed by atoms with E-state index in [2.05, 4.69) is 10.3 Å². The third-order valence-electron chi connectivity index (χ3n) is 4.49. The van der Waals surface area contributed by atoms with E-state index in [1.54, 1.807) is 6.07 Å². The van der Waals surface area contributed by atoms with Gasteiger partial charge in [0.1, 0.15) is 17.3 Å². The Balaban J connectivity index is 1.54. The highest BCUT2D eigenvalue weighted by molar-refractivity contribution is 5.93. The van der Waals surface area contributed by atoms with Crippen LogP contribution in [-0.4, -0.2) is 15.3 Å². The summed E-state index contributed by atoms with van der Waals surface area (Å²) < 4.78 is 28.7. The van der Waals surface area contributed by atoms with E-state index in [0.29, 0.717) is 5.69 Å². The molecule has 0 bridgehead atoms. The normalized spacial score (nSPS) is 11.0. The topological polar surface area (TPSA) is 46.4 Å². The number of carbonyl (C=O) groups excluding carboxylic acids is 1. The van der Waals surface area contributed by atoms with Crippen LogP contribution in [0.4, 0.5) is 14.5 Å². The Hall–Kier alpha value is -3.54. The van der Waals surface area contributed by atoms with E-state index in [-0.39, 0.29) is 17.9 Å². The zero-order valence-electron chi connectivity index (χ0n) is 15.1. The molecule has 2 aromatic carbocycles. The monoisotopic (exact) mass is 377 g/mol. The van der Waals surface area contributed by atoms with E-state index in [0.717, 1.165) is 34.6 Å². The number of nitrogens with one attached hydrogen (secondary N) is 1. The summed E-state index contributed by atoms with van der Waals surface area (Å²) in [5.74, 6) is -1.78. The SMILES string of the molecule is Cc1cccn2cc(-c3cccc(NC(=O)Cc4ccc(F)cc4F)c3)nc12. The lowest BCUT2D eigenvalue weighted by molar-refractivity contribution is -0.115. The van der Waals surface area contributed by atoms with Crippen molar-refractivity contribution < 1.29 is 13.6 Å². The molecule has 4 rings (SSSR count). The Bertz CT molecular complexity index is 1180. The number of imidazole rings is 1. The summed E-state index contributed by atoms with van der Waals surface area (Å²) in [7, 11) is 0. The lowest BCUT2D eigenvalue weighted by atomic mass is 10.1. The second-order valence-corrected chi connectivity index (χ2v) is 6.59. The third-order valence-corrected chi connectivity index (χ3v) is 4.49. The summed E-state index contributed by atoms with van der Waals surface area (Å²) in [5.41, 5.74) is 4.31. The Morgan fingerprint density at radius 2 is 1.96 bits per heavy atom. The molecule has 0 unspecified atom stereocenters. The summed E-state index contributed by atoms with van der Waals surface area (Å²) in [6, 6.07) is 14.4. The molecule has 0 aliphatic rings. The maximum atomic E-state index is 13.7. The van der Waals surface area contributed by atoms with Gasteiger partial charge in [-0.25, -0.2) is 13.8 Å². The van der Waals surface area contributed by atoms with Gasteiger partial charge in [-0.15, -0.1) is 0 Å². The number of rotatable bonds is 4. The molecule has 2 heterocycles. The van der Waals surface area contributed by atoms with Crippen molar-refractivity contribution in [2.75, 3.05) is 5.32 Å². The predicted octanol–water partition coefficient (Wildman–Crippen LogP) is 4.77. The first-order valence-electron chi connectivity index (χ1n) is 8.78. The number of pyridine rings is 1. The fourth-order valence-corrected chi connectivity index (χ4v) is 3.09. The molecule has 4 nitrogen and oxygen atoms in total. The first-order chi connectivity index (χ1) is 13.5. The molecular weight excluding hydrogens is 360 g/mol. The summed E-state index contributed by atoms with van der Waals surface area (Å²) >= 11 is 0. The van der Waals surface area contributed by atoms with E-state index in [4.69, 9.17) is 0 Å². The lowest BCUT2D eigenvalue weighted by Gasteiger charge is -2.07. The van der Waals surface area contributed by atoms with Gasteiger partial charge in [0, 0.05) is 29.7 Å². The fraction of sp³-hybridized carbons (Fsp3) is 0.0909. The van der Waals surface area contributed by atoms with Crippen molar-refractivity contribution >= 4 is 17.2 Å². The number of halogens is 2. The summed E-state index contributed by atoms with van der Waals surface area (Å²) in [6.07, 6.45) is 3.68. The molecule has 0 radical (unpaired) electrons. The van der Waals surface area contributed by atoms with E-state index >= 15 is 0 Å². The van der Waals surface area contributed by atoms with Crippen molar-refractivity contribution in [1.29, 1.82) is 0 Å². The first-order valence-corrected chi connectivity index (χ1v) is 8.78. The molecule has 0 spiro atoms. The first kappa shape index (κ1) is 17.9. The maximum Gasteiger partial charge on any atom is 0.228 e. The molecule has 0 atom stereocenters. The molecule has 28 heavy (non-hydrogen) atoms. The van der Waals surface area contributed by atoms with Crippen LogP contribution in [0.2, 0.25) is 0 Å². The van der Waals surface area contributed by atoms with Crippen LogP contribution in [0.5, 0.6) is 0 Å². The molecule has 0 aliphatic carbocycles. The van der Waals surface area contributed by atoms with Crippen LogP contribution >= 0.6 is 0 Å². The van der Waals surface area contributed by atoms with E-state index in [1.165, 1.54) is 6.07 Å². The highest BCUT2D eigenvalue weighted by Gasteiger charge is 2.11. The van der Waals surface area contributed by atoms with Gasteiger partial charge >= 0.3 is 0 Å². The van der Waals surface area contributed by atoms with Crippen molar-refractivity contribution in [3.8, 4) is 11.3 Å². The van der Waals surface area contributed by atoms with Gasteiger partial charge in [0.15, 0.2) is 0 Å². The third kappa shape index (κ3) is 3.62. The van der Waals surface area contributed by atoms with E-state index in [9.17, 15) is 13.6 Å². The Labute approximate surface area is 160 Å². The minimum atomic E-state index is -0.732. The summed E-state index contributed by atoms with van der Waals surface area (Å²) in [6.45, 7) is 2.00. The number of anilines is 1. The van der Waals surface area contributed by atoms with Crippen molar-refractivity contribution in [3.63, 3.8) is 0 Å². The van der Waals surface area contributed by atoms with Gasteiger partial charge in [-0.2, -0.15) is 0 Å². The van der Waals surface area contributed by atoms with Crippen LogP contribution < -0.4 is 5.32 Å². The zero-order valence-corrected chi connectivity index (χ0v) is 15.1. The van der Waals surface area contributed by atoms with E-state index < -0.39 is 11.6 Å². The number of hydrogen-bond donors (Lipinski definition) is 1. The van der Waals surface area contributed by atoms with Crippen LogP contribution in [0, 0.1) is 18.6 Å². The van der Waals surface area contributed by atoms with Gasteiger partial charge in [-0.1, -0.05) is 24.3 Å². The van der Waals surface area contributed by atoms with Crippen molar-refractivity contribution in [1.82, 2.24) is 9.38 Å². The highest BCUT2D eigenvalue weighted by Crippen LogP contribution is 2.23.